The number of anilines is 1. The number of piperidine rings is 1. The molecule has 188 valence electrons. The Morgan fingerprint density at radius 3 is 2.40 bits per heavy atom. The summed E-state index contributed by atoms with van der Waals surface area (Å²) in [6.45, 7) is 11.1. The van der Waals surface area contributed by atoms with Crippen LogP contribution in [0.3, 0.4) is 0 Å². The van der Waals surface area contributed by atoms with Crippen LogP contribution >= 0.6 is 11.3 Å². The number of halogens is 2. The maximum absolute atomic E-state index is 14.8. The van der Waals surface area contributed by atoms with Crippen molar-refractivity contribution in [3.63, 3.8) is 0 Å². The molecule has 1 fully saturated rings. The molecule has 7 nitrogen and oxygen atoms in total. The molecule has 10 heteroatoms. The van der Waals surface area contributed by atoms with E-state index in [0.29, 0.717) is 18.5 Å². The number of rotatable bonds is 3. The third-order valence-electron chi connectivity index (χ3n) is 6.00. The molecule has 0 radical (unpaired) electrons. The van der Waals surface area contributed by atoms with Gasteiger partial charge in [0.15, 0.2) is 11.5 Å². The summed E-state index contributed by atoms with van der Waals surface area (Å²) in [5.74, 6) is -1.83. The molecule has 1 saturated heterocycles. The minimum Gasteiger partial charge on any atom is -0.444 e. The molecule has 1 unspecified atom stereocenters. The Morgan fingerprint density at radius 2 is 1.77 bits per heavy atom. The van der Waals surface area contributed by atoms with Crippen LogP contribution in [0.15, 0.2) is 24.5 Å². The molecule has 1 aliphatic heterocycles. The molecule has 0 aliphatic carbocycles. The van der Waals surface area contributed by atoms with Crippen molar-refractivity contribution in [1.82, 2.24) is 14.3 Å². The zero-order valence-corrected chi connectivity index (χ0v) is 21.5. The van der Waals surface area contributed by atoms with Crippen LogP contribution < -0.4 is 5.32 Å². The number of likely N-dealkylation sites (tertiary alicyclic amines) is 1. The minimum atomic E-state index is -0.637. The SMILES string of the molecule is Cc1cn2cc(NC(=O)c3sc(C4C[C@@H](C)N(C(=O)OC(C)(C)C)[C@@H](C)C4)cc3F)cc(F)c2n1. The number of nitrogens with zero attached hydrogens (tertiary/aromatic N) is 3. The van der Waals surface area contributed by atoms with Crippen LogP contribution in [0.5, 0.6) is 0 Å². The number of imidazole rings is 1. The van der Waals surface area contributed by atoms with Crippen LogP contribution in [0, 0.1) is 18.6 Å². The molecule has 0 spiro atoms. The van der Waals surface area contributed by atoms with Crippen LogP contribution in [0.4, 0.5) is 19.3 Å². The number of ether oxygens (including phenoxy) is 1. The first-order chi connectivity index (χ1) is 16.3. The molecule has 1 aliphatic rings. The zero-order valence-electron chi connectivity index (χ0n) is 20.7. The number of aromatic nitrogens is 2. The summed E-state index contributed by atoms with van der Waals surface area (Å²) in [5.41, 5.74) is 0.421. The van der Waals surface area contributed by atoms with E-state index in [4.69, 9.17) is 4.74 Å². The molecule has 3 atom stereocenters. The predicted octanol–water partition coefficient (Wildman–Crippen LogP) is 6.13. The van der Waals surface area contributed by atoms with Crippen molar-refractivity contribution in [1.29, 1.82) is 0 Å². The molecule has 4 heterocycles. The Balaban J connectivity index is 1.49. The lowest BCUT2D eigenvalue weighted by atomic mass is 9.86. The topological polar surface area (TPSA) is 75.9 Å². The number of carbonyl (C=O) groups is 2. The van der Waals surface area contributed by atoms with Gasteiger partial charge in [-0.2, -0.15) is 0 Å². The Morgan fingerprint density at radius 1 is 1.11 bits per heavy atom. The van der Waals surface area contributed by atoms with Crippen LogP contribution in [-0.4, -0.2) is 44.0 Å². The maximum atomic E-state index is 14.8. The van der Waals surface area contributed by atoms with Crippen LogP contribution in [0.25, 0.3) is 5.65 Å². The number of carbonyl (C=O) groups excluding carboxylic acids is 2. The first kappa shape index (κ1) is 25.1. The summed E-state index contributed by atoms with van der Waals surface area (Å²) in [5, 5.41) is 2.59. The van der Waals surface area contributed by atoms with E-state index < -0.39 is 23.1 Å². The minimum absolute atomic E-state index is 0.00227. The molecule has 4 rings (SSSR count). The number of aryl methyl sites for hydroxylation is 1. The van der Waals surface area contributed by atoms with Crippen molar-refractivity contribution in [3.05, 3.63) is 51.6 Å². The molecule has 1 N–H and O–H groups in total. The second-order valence-corrected chi connectivity index (χ2v) is 11.3. The van der Waals surface area contributed by atoms with Gasteiger partial charge in [0.1, 0.15) is 16.3 Å². The lowest BCUT2D eigenvalue weighted by Gasteiger charge is -2.42. The highest BCUT2D eigenvalue weighted by molar-refractivity contribution is 7.14. The molecule has 3 aromatic rings. The van der Waals surface area contributed by atoms with E-state index in [0.717, 1.165) is 16.2 Å². The number of pyridine rings is 1. The zero-order chi connectivity index (χ0) is 25.7. The summed E-state index contributed by atoms with van der Waals surface area (Å²) in [4.78, 5) is 32.0. The molecular formula is C25H30F2N4O3S. The number of thiophene rings is 1. The third kappa shape index (κ3) is 5.32. The molecule has 0 saturated carbocycles. The molecule has 0 aromatic carbocycles. The van der Waals surface area contributed by atoms with Gasteiger partial charge in [-0.25, -0.2) is 18.6 Å². The van der Waals surface area contributed by atoms with Gasteiger partial charge in [-0.15, -0.1) is 11.3 Å². The monoisotopic (exact) mass is 504 g/mol. The Hall–Kier alpha value is -3.01. The largest absolute Gasteiger partial charge is 0.444 e. The summed E-state index contributed by atoms with van der Waals surface area (Å²) < 4.78 is 36.2. The number of nitrogens with one attached hydrogen (secondary N) is 1. The quantitative estimate of drug-likeness (QED) is 0.466. The van der Waals surface area contributed by atoms with E-state index in [2.05, 4.69) is 10.3 Å². The van der Waals surface area contributed by atoms with Gasteiger partial charge in [-0.3, -0.25) is 4.79 Å². The average Bonchev–Trinajstić information content (AvgIpc) is 3.28. The van der Waals surface area contributed by atoms with Crippen molar-refractivity contribution in [2.45, 2.75) is 78.0 Å². The van der Waals surface area contributed by atoms with Gasteiger partial charge in [0, 0.05) is 35.4 Å². The predicted molar refractivity (Wildman–Crippen MR) is 131 cm³/mol. The summed E-state index contributed by atoms with van der Waals surface area (Å²) in [6.07, 6.45) is 4.09. The van der Waals surface area contributed by atoms with Crippen molar-refractivity contribution in [2.75, 3.05) is 5.32 Å². The normalized spacial score (nSPS) is 20.8. The Bertz CT molecular complexity index is 1270. The third-order valence-corrected chi connectivity index (χ3v) is 7.28. The second kappa shape index (κ2) is 9.22. The van der Waals surface area contributed by atoms with E-state index in [1.807, 2.05) is 34.6 Å². The van der Waals surface area contributed by atoms with Gasteiger partial charge in [-0.05, 0) is 66.4 Å². The van der Waals surface area contributed by atoms with Crippen LogP contribution in [0.1, 0.15) is 73.6 Å². The van der Waals surface area contributed by atoms with Crippen molar-refractivity contribution in [2.24, 2.45) is 0 Å². The number of amides is 2. The lowest BCUT2D eigenvalue weighted by Crippen LogP contribution is -2.51. The maximum Gasteiger partial charge on any atom is 0.410 e. The smallest absolute Gasteiger partial charge is 0.410 e. The average molecular weight is 505 g/mol. The number of hydrogen-bond acceptors (Lipinski definition) is 5. The van der Waals surface area contributed by atoms with Gasteiger partial charge in [0.25, 0.3) is 5.91 Å². The number of hydrogen-bond donors (Lipinski definition) is 1. The van der Waals surface area contributed by atoms with Crippen molar-refractivity contribution < 1.29 is 23.1 Å². The Kier molecular flexibility index (Phi) is 6.61. The molecule has 2 amide bonds. The highest BCUT2D eigenvalue weighted by atomic mass is 32.1. The van der Waals surface area contributed by atoms with E-state index in [1.54, 1.807) is 24.2 Å². The highest BCUT2D eigenvalue weighted by Crippen LogP contribution is 2.39. The van der Waals surface area contributed by atoms with Gasteiger partial charge >= 0.3 is 6.09 Å². The lowest BCUT2D eigenvalue weighted by molar-refractivity contribution is -0.00242. The fourth-order valence-electron chi connectivity index (χ4n) is 4.67. The standard InChI is InChI=1S/C25H30F2N4O3S/c1-13-11-30-12-17(9-19(27)22(30)28-13)29-23(32)21-18(26)10-20(35-21)16-7-14(2)31(15(3)8-16)24(33)34-25(4,5)6/h9-12,14-16H,7-8H2,1-6H3,(H,29,32)/t14-,15+,16?. The fraction of sp³-hybridized carbons (Fsp3) is 0.480. The van der Waals surface area contributed by atoms with Gasteiger partial charge in [0.2, 0.25) is 0 Å². The number of fused-ring (bicyclic) bond motifs is 1. The van der Waals surface area contributed by atoms with Gasteiger partial charge in [-0.1, -0.05) is 0 Å². The van der Waals surface area contributed by atoms with E-state index in [9.17, 15) is 18.4 Å². The molecule has 3 aromatic heterocycles. The second-order valence-electron chi connectivity index (χ2n) is 10.2. The fourth-order valence-corrected chi connectivity index (χ4v) is 5.72. The summed E-state index contributed by atoms with van der Waals surface area (Å²) >= 11 is 1.09. The van der Waals surface area contributed by atoms with Crippen LogP contribution in [-0.2, 0) is 4.74 Å². The highest BCUT2D eigenvalue weighted by Gasteiger charge is 2.38. The van der Waals surface area contributed by atoms with Crippen molar-refractivity contribution >= 4 is 34.7 Å². The molecule has 0 bridgehead atoms. The van der Waals surface area contributed by atoms with E-state index in [1.165, 1.54) is 16.5 Å². The first-order valence-corrected chi connectivity index (χ1v) is 12.4. The van der Waals surface area contributed by atoms with Gasteiger partial charge < -0.3 is 19.4 Å². The summed E-state index contributed by atoms with van der Waals surface area (Å²) in [7, 11) is 0. The Labute approximate surface area is 207 Å². The van der Waals surface area contributed by atoms with Gasteiger partial charge in [0.05, 0.1) is 11.4 Å². The van der Waals surface area contributed by atoms with E-state index in [-0.39, 0.29) is 40.3 Å². The van der Waals surface area contributed by atoms with Crippen molar-refractivity contribution in [3.8, 4) is 0 Å². The van der Waals surface area contributed by atoms with Crippen LogP contribution in [0.2, 0.25) is 0 Å². The molecular weight excluding hydrogens is 474 g/mol. The van der Waals surface area contributed by atoms with E-state index >= 15 is 0 Å². The summed E-state index contributed by atoms with van der Waals surface area (Å²) in [6, 6.07) is 2.36. The molecule has 35 heavy (non-hydrogen) atoms. The first-order valence-electron chi connectivity index (χ1n) is 11.6.